The fraction of sp³-hybridized carbons (Fsp3) is 0.529. The molecule has 2 heterocycles. The Morgan fingerprint density at radius 3 is 2.74 bits per heavy atom. The third-order valence-electron chi connectivity index (χ3n) is 4.48. The average Bonchev–Trinajstić information content (AvgIpc) is 2.92. The molecule has 23 heavy (non-hydrogen) atoms. The molecule has 0 spiro atoms. The first-order valence-corrected chi connectivity index (χ1v) is 11.8. The van der Waals surface area contributed by atoms with Gasteiger partial charge >= 0.3 is 0 Å². The number of nitrogens with one attached hydrogen (secondary N) is 1. The van der Waals surface area contributed by atoms with Crippen molar-refractivity contribution in [1.82, 2.24) is 9.55 Å². The van der Waals surface area contributed by atoms with E-state index in [1.54, 1.807) is 0 Å². The van der Waals surface area contributed by atoms with Crippen LogP contribution in [0.15, 0.2) is 18.5 Å². The number of amides is 1. The number of ether oxygens (including phenoxy) is 1. The number of imidazole rings is 1. The van der Waals surface area contributed by atoms with Gasteiger partial charge in [-0.3, -0.25) is 4.79 Å². The highest BCUT2D eigenvalue weighted by molar-refractivity contribution is 6.76. The van der Waals surface area contributed by atoms with Crippen LogP contribution in [0.1, 0.15) is 19.4 Å². The molecular formula is C17H25N3O2Si. The van der Waals surface area contributed by atoms with Gasteiger partial charge in [-0.05, 0) is 37.6 Å². The molecule has 5 nitrogen and oxygen atoms in total. The Morgan fingerprint density at radius 2 is 2.04 bits per heavy atom. The highest BCUT2D eigenvalue weighted by Gasteiger charge is 2.38. The first-order chi connectivity index (χ1) is 10.7. The lowest BCUT2D eigenvalue weighted by molar-refractivity contribution is -0.119. The van der Waals surface area contributed by atoms with Crippen LogP contribution in [-0.4, -0.2) is 30.1 Å². The lowest BCUT2D eigenvalue weighted by Crippen LogP contribution is -2.26. The number of hydrogen-bond donors (Lipinski definition) is 1. The molecule has 3 rings (SSSR count). The van der Waals surface area contributed by atoms with Gasteiger partial charge < -0.3 is 14.6 Å². The smallest absolute Gasteiger partial charge is 0.234 e. The summed E-state index contributed by atoms with van der Waals surface area (Å²) in [7, 11) is -1.07. The summed E-state index contributed by atoms with van der Waals surface area (Å²) >= 11 is 0. The summed E-state index contributed by atoms with van der Waals surface area (Å²) in [4.78, 5) is 16.6. The normalized spacial score (nSPS) is 16.7. The molecule has 0 saturated heterocycles. The first kappa shape index (κ1) is 16.2. The van der Waals surface area contributed by atoms with Crippen LogP contribution in [0.2, 0.25) is 25.7 Å². The zero-order chi connectivity index (χ0) is 16.8. The SMILES string of the molecule is CC1(C)C(=O)Nc2cc3c(cc21)ncn3COCC[Si](C)(C)C. The molecule has 1 aliphatic rings. The molecule has 0 radical (unpaired) electrons. The van der Waals surface area contributed by atoms with Crippen LogP contribution in [0, 0.1) is 0 Å². The van der Waals surface area contributed by atoms with Crippen molar-refractivity contribution in [2.75, 3.05) is 11.9 Å². The van der Waals surface area contributed by atoms with Crippen LogP contribution in [0.25, 0.3) is 11.0 Å². The van der Waals surface area contributed by atoms with Gasteiger partial charge in [-0.25, -0.2) is 4.98 Å². The summed E-state index contributed by atoms with van der Waals surface area (Å²) in [6.45, 7) is 12.2. The second-order valence-electron chi connectivity index (χ2n) is 8.03. The van der Waals surface area contributed by atoms with Crippen LogP contribution < -0.4 is 5.32 Å². The minimum absolute atomic E-state index is 0.0399. The molecule has 0 bridgehead atoms. The van der Waals surface area contributed by atoms with E-state index in [1.165, 1.54) is 0 Å². The summed E-state index contributed by atoms with van der Waals surface area (Å²) < 4.78 is 7.81. The van der Waals surface area contributed by atoms with E-state index in [4.69, 9.17) is 4.74 Å². The average molecular weight is 331 g/mol. The molecule has 1 aromatic heterocycles. The Labute approximate surface area is 138 Å². The van der Waals surface area contributed by atoms with Gasteiger partial charge in [0.15, 0.2) is 0 Å². The molecule has 0 aliphatic carbocycles. The highest BCUT2D eigenvalue weighted by atomic mass is 28.3. The fourth-order valence-electron chi connectivity index (χ4n) is 2.77. The van der Waals surface area contributed by atoms with E-state index in [0.29, 0.717) is 6.73 Å². The van der Waals surface area contributed by atoms with E-state index in [1.807, 2.05) is 36.9 Å². The summed E-state index contributed by atoms with van der Waals surface area (Å²) in [5.74, 6) is 0.0399. The fourth-order valence-corrected chi connectivity index (χ4v) is 3.53. The largest absolute Gasteiger partial charge is 0.361 e. The second-order valence-corrected chi connectivity index (χ2v) is 13.6. The van der Waals surface area contributed by atoms with Crippen LogP contribution in [0.5, 0.6) is 0 Å². The van der Waals surface area contributed by atoms with Gasteiger partial charge in [0.2, 0.25) is 5.91 Å². The zero-order valence-corrected chi connectivity index (χ0v) is 15.6. The molecule has 0 saturated carbocycles. The van der Waals surface area contributed by atoms with Crippen molar-refractivity contribution < 1.29 is 9.53 Å². The first-order valence-electron chi connectivity index (χ1n) is 8.07. The lowest BCUT2D eigenvalue weighted by Gasteiger charge is -2.16. The standard InChI is InChI=1S/C17H25N3O2Si/c1-17(2)12-8-14-15(9-13(12)19-16(17)21)20(10-18-14)11-22-6-7-23(3,4)5/h8-10H,6-7,11H2,1-5H3,(H,19,21). The summed E-state index contributed by atoms with van der Waals surface area (Å²) in [6.07, 6.45) is 1.81. The monoisotopic (exact) mass is 331 g/mol. The summed E-state index contributed by atoms with van der Waals surface area (Å²) in [5, 5.41) is 2.97. The number of anilines is 1. The number of fused-ring (bicyclic) bond motifs is 2. The summed E-state index contributed by atoms with van der Waals surface area (Å²) in [5.41, 5.74) is 3.30. The second kappa shape index (κ2) is 5.45. The van der Waals surface area contributed by atoms with E-state index in [0.717, 1.165) is 34.9 Å². The van der Waals surface area contributed by atoms with Crippen molar-refractivity contribution in [2.45, 2.75) is 51.7 Å². The molecule has 124 valence electrons. The minimum atomic E-state index is -1.07. The van der Waals surface area contributed by atoms with Crippen molar-refractivity contribution in [1.29, 1.82) is 0 Å². The van der Waals surface area contributed by atoms with E-state index in [-0.39, 0.29) is 5.91 Å². The molecular weight excluding hydrogens is 306 g/mol. The number of nitrogens with zero attached hydrogens (tertiary/aromatic N) is 2. The van der Waals surface area contributed by atoms with Crippen molar-refractivity contribution >= 4 is 30.7 Å². The highest BCUT2D eigenvalue weighted by Crippen LogP contribution is 2.39. The molecule has 6 heteroatoms. The van der Waals surface area contributed by atoms with Gasteiger partial charge in [0, 0.05) is 20.4 Å². The zero-order valence-electron chi connectivity index (χ0n) is 14.6. The van der Waals surface area contributed by atoms with E-state index < -0.39 is 13.5 Å². The molecule has 0 unspecified atom stereocenters. The molecule has 0 fully saturated rings. The Balaban J connectivity index is 1.80. The number of benzene rings is 1. The van der Waals surface area contributed by atoms with Crippen molar-refractivity contribution in [3.8, 4) is 0 Å². The van der Waals surface area contributed by atoms with Gasteiger partial charge in [-0.1, -0.05) is 19.6 Å². The molecule has 1 aliphatic heterocycles. The van der Waals surface area contributed by atoms with Gasteiger partial charge in [-0.2, -0.15) is 0 Å². The maximum absolute atomic E-state index is 12.1. The predicted octanol–water partition coefficient (Wildman–Crippen LogP) is 3.58. The lowest BCUT2D eigenvalue weighted by atomic mass is 9.86. The minimum Gasteiger partial charge on any atom is -0.361 e. The van der Waals surface area contributed by atoms with Crippen LogP contribution in [-0.2, 0) is 21.7 Å². The maximum atomic E-state index is 12.1. The third-order valence-corrected chi connectivity index (χ3v) is 6.18. The van der Waals surface area contributed by atoms with Gasteiger partial charge in [0.1, 0.15) is 6.73 Å². The van der Waals surface area contributed by atoms with Crippen LogP contribution in [0.3, 0.4) is 0 Å². The van der Waals surface area contributed by atoms with E-state index in [9.17, 15) is 4.79 Å². The Morgan fingerprint density at radius 1 is 1.30 bits per heavy atom. The van der Waals surface area contributed by atoms with Crippen LogP contribution >= 0.6 is 0 Å². The Kier molecular flexibility index (Phi) is 3.84. The molecule has 1 aromatic carbocycles. The van der Waals surface area contributed by atoms with Gasteiger partial charge in [0.05, 0.1) is 22.8 Å². The Bertz CT molecular complexity index is 759. The van der Waals surface area contributed by atoms with Crippen LogP contribution in [0.4, 0.5) is 5.69 Å². The van der Waals surface area contributed by atoms with E-state index >= 15 is 0 Å². The molecule has 0 atom stereocenters. The maximum Gasteiger partial charge on any atom is 0.234 e. The van der Waals surface area contributed by atoms with Crippen molar-refractivity contribution in [3.63, 3.8) is 0 Å². The van der Waals surface area contributed by atoms with Crippen molar-refractivity contribution in [3.05, 3.63) is 24.0 Å². The summed E-state index contributed by atoms with van der Waals surface area (Å²) in [6, 6.07) is 5.17. The predicted molar refractivity (Wildman–Crippen MR) is 95.5 cm³/mol. The number of aromatic nitrogens is 2. The van der Waals surface area contributed by atoms with Crippen molar-refractivity contribution in [2.24, 2.45) is 0 Å². The topological polar surface area (TPSA) is 56.2 Å². The molecule has 1 amide bonds. The third kappa shape index (κ3) is 3.05. The number of hydrogen-bond acceptors (Lipinski definition) is 3. The Hall–Kier alpha value is -1.66. The van der Waals surface area contributed by atoms with Gasteiger partial charge in [-0.15, -0.1) is 0 Å². The van der Waals surface area contributed by atoms with Gasteiger partial charge in [0.25, 0.3) is 0 Å². The van der Waals surface area contributed by atoms with E-state index in [2.05, 4.69) is 29.9 Å². The quantitative estimate of drug-likeness (QED) is 0.673. The molecule has 1 N–H and O–H groups in total. The molecule has 2 aromatic rings. The number of carbonyl (C=O) groups excluding carboxylic acids is 1. The number of carbonyl (C=O) groups is 1. The number of rotatable bonds is 5.